The average Bonchev–Trinajstić information content (AvgIpc) is 3.03. The van der Waals surface area contributed by atoms with Crippen LogP contribution in [0.2, 0.25) is 5.02 Å². The van der Waals surface area contributed by atoms with Crippen LogP contribution in [0.25, 0.3) is 16.3 Å². The Morgan fingerprint density at radius 1 is 1.23 bits per heavy atom. The fraction of sp³-hybridized carbons (Fsp3) is 0.182. The van der Waals surface area contributed by atoms with Crippen LogP contribution in [-0.4, -0.2) is 29.0 Å². The van der Waals surface area contributed by atoms with E-state index in [9.17, 15) is 14.4 Å². The number of carbonyl (C=O) groups is 3. The number of aromatic nitrogens is 1. The zero-order chi connectivity index (χ0) is 22.4. The number of nitrogens with one attached hydrogen (secondary N) is 1. The molecule has 31 heavy (non-hydrogen) atoms. The average molecular weight is 458 g/mol. The summed E-state index contributed by atoms with van der Waals surface area (Å²) >= 11 is 7.34. The van der Waals surface area contributed by atoms with Crippen molar-refractivity contribution in [3.63, 3.8) is 0 Å². The lowest BCUT2D eigenvalue weighted by atomic mass is 10.2. The molecule has 1 heterocycles. The number of fused-ring (bicyclic) bond motifs is 1. The Morgan fingerprint density at radius 2 is 2.00 bits per heavy atom. The first-order chi connectivity index (χ1) is 14.9. The highest BCUT2D eigenvalue weighted by Crippen LogP contribution is 2.22. The lowest BCUT2D eigenvalue weighted by Gasteiger charge is -2.06. The van der Waals surface area contributed by atoms with Crippen LogP contribution in [0.4, 0.5) is 5.69 Å². The van der Waals surface area contributed by atoms with Gasteiger partial charge in [-0.05, 0) is 42.8 Å². The highest BCUT2D eigenvalue weighted by molar-refractivity contribution is 7.16. The van der Waals surface area contributed by atoms with Crippen molar-refractivity contribution in [2.45, 2.75) is 20.4 Å². The molecule has 0 atom stereocenters. The van der Waals surface area contributed by atoms with Crippen LogP contribution in [0.5, 0.6) is 0 Å². The predicted molar refractivity (Wildman–Crippen MR) is 122 cm³/mol. The van der Waals surface area contributed by atoms with Crippen molar-refractivity contribution in [2.75, 3.05) is 11.9 Å². The SMILES string of the molecule is CCOC(=O)Cn1c(=NC(=O)/C=C/c2ccccc2Cl)sc2cc(NC(C)=O)ccc21. The molecular weight excluding hydrogens is 438 g/mol. The zero-order valence-corrected chi connectivity index (χ0v) is 18.5. The van der Waals surface area contributed by atoms with Crippen molar-refractivity contribution < 1.29 is 19.1 Å². The fourth-order valence-electron chi connectivity index (χ4n) is 2.83. The molecule has 0 fully saturated rings. The molecule has 0 aliphatic heterocycles. The highest BCUT2D eigenvalue weighted by Gasteiger charge is 2.13. The van der Waals surface area contributed by atoms with Gasteiger partial charge in [-0.1, -0.05) is 41.1 Å². The molecule has 1 N–H and O–H groups in total. The summed E-state index contributed by atoms with van der Waals surface area (Å²) in [5.41, 5.74) is 2.01. The number of amides is 2. The van der Waals surface area contributed by atoms with Crippen LogP contribution in [0.3, 0.4) is 0 Å². The molecule has 2 aromatic carbocycles. The topological polar surface area (TPSA) is 89.8 Å². The van der Waals surface area contributed by atoms with E-state index in [1.165, 1.54) is 24.3 Å². The predicted octanol–water partition coefficient (Wildman–Crippen LogP) is 4.02. The summed E-state index contributed by atoms with van der Waals surface area (Å²) in [6.45, 7) is 3.31. The summed E-state index contributed by atoms with van der Waals surface area (Å²) in [4.78, 5) is 40.4. The molecule has 160 valence electrons. The monoisotopic (exact) mass is 457 g/mol. The van der Waals surface area contributed by atoms with Gasteiger partial charge in [0.05, 0.1) is 16.8 Å². The summed E-state index contributed by atoms with van der Waals surface area (Å²) < 4.78 is 7.43. The smallest absolute Gasteiger partial charge is 0.326 e. The third kappa shape index (κ3) is 5.90. The van der Waals surface area contributed by atoms with Gasteiger partial charge in [-0.25, -0.2) is 0 Å². The van der Waals surface area contributed by atoms with E-state index in [2.05, 4.69) is 10.3 Å². The highest BCUT2D eigenvalue weighted by atomic mass is 35.5. The molecule has 2 amide bonds. The van der Waals surface area contributed by atoms with Crippen LogP contribution in [-0.2, 0) is 25.7 Å². The number of halogens is 1. The van der Waals surface area contributed by atoms with Gasteiger partial charge in [-0.15, -0.1) is 0 Å². The van der Waals surface area contributed by atoms with Crippen molar-refractivity contribution >= 4 is 62.7 Å². The van der Waals surface area contributed by atoms with Crippen molar-refractivity contribution in [2.24, 2.45) is 4.99 Å². The van der Waals surface area contributed by atoms with E-state index in [1.807, 2.05) is 6.07 Å². The van der Waals surface area contributed by atoms with Crippen LogP contribution >= 0.6 is 22.9 Å². The summed E-state index contributed by atoms with van der Waals surface area (Å²) in [5.74, 6) is -1.13. The van der Waals surface area contributed by atoms with Crippen molar-refractivity contribution in [3.05, 3.63) is 63.9 Å². The van der Waals surface area contributed by atoms with E-state index < -0.39 is 11.9 Å². The molecule has 0 bridgehead atoms. The second-order valence-electron chi connectivity index (χ2n) is 6.44. The standard InChI is InChI=1S/C22H20ClN3O4S/c1-3-30-21(29)13-26-18-10-9-16(24-14(2)27)12-19(18)31-22(26)25-20(28)11-8-15-6-4-5-7-17(15)23/h4-12H,3,13H2,1-2H3,(H,24,27)/b11-8+,25-22?. The largest absolute Gasteiger partial charge is 0.465 e. The van der Waals surface area contributed by atoms with Crippen LogP contribution in [0.15, 0.2) is 53.5 Å². The molecule has 9 heteroatoms. The van der Waals surface area contributed by atoms with Crippen LogP contribution in [0.1, 0.15) is 19.4 Å². The number of carbonyl (C=O) groups excluding carboxylic acids is 3. The third-order valence-electron chi connectivity index (χ3n) is 4.11. The van der Waals surface area contributed by atoms with E-state index in [0.717, 1.165) is 4.70 Å². The molecule has 1 aromatic heterocycles. The molecule has 0 saturated carbocycles. The Balaban J connectivity index is 2.01. The third-order valence-corrected chi connectivity index (χ3v) is 5.50. The summed E-state index contributed by atoms with van der Waals surface area (Å²) in [5, 5.41) is 3.24. The molecule has 3 rings (SSSR count). The van der Waals surface area contributed by atoms with E-state index >= 15 is 0 Å². The first-order valence-electron chi connectivity index (χ1n) is 9.45. The van der Waals surface area contributed by atoms with Gasteiger partial charge in [0.15, 0.2) is 4.80 Å². The molecular formula is C22H20ClN3O4S. The molecule has 7 nitrogen and oxygen atoms in total. The Morgan fingerprint density at radius 3 is 2.71 bits per heavy atom. The maximum atomic E-state index is 12.5. The Bertz CT molecular complexity index is 1240. The first-order valence-corrected chi connectivity index (χ1v) is 10.6. The second-order valence-corrected chi connectivity index (χ2v) is 7.86. The van der Waals surface area contributed by atoms with Crippen molar-refractivity contribution in [1.82, 2.24) is 4.57 Å². The maximum Gasteiger partial charge on any atom is 0.326 e. The van der Waals surface area contributed by atoms with Gasteiger partial charge < -0.3 is 14.6 Å². The number of anilines is 1. The normalized spacial score (nSPS) is 11.8. The van der Waals surface area contributed by atoms with E-state index in [0.29, 0.717) is 26.6 Å². The van der Waals surface area contributed by atoms with Crippen LogP contribution in [0, 0.1) is 0 Å². The van der Waals surface area contributed by atoms with Crippen molar-refractivity contribution in [3.8, 4) is 0 Å². The number of nitrogens with zero attached hydrogens (tertiary/aromatic N) is 2. The molecule has 0 unspecified atom stereocenters. The Kier molecular flexibility index (Phi) is 7.38. The summed E-state index contributed by atoms with van der Waals surface area (Å²) in [7, 11) is 0. The number of benzene rings is 2. The number of hydrogen-bond acceptors (Lipinski definition) is 5. The molecule has 0 saturated heterocycles. The number of thiazole rings is 1. The number of hydrogen-bond donors (Lipinski definition) is 1. The van der Waals surface area contributed by atoms with Crippen molar-refractivity contribution in [1.29, 1.82) is 0 Å². The van der Waals surface area contributed by atoms with Gasteiger partial charge in [0.2, 0.25) is 5.91 Å². The Hall–Kier alpha value is -3.23. The number of esters is 1. The minimum Gasteiger partial charge on any atom is -0.465 e. The minimum atomic E-state index is -0.494. The minimum absolute atomic E-state index is 0.0896. The second kappa shape index (κ2) is 10.2. The van der Waals surface area contributed by atoms with Crippen LogP contribution < -0.4 is 10.1 Å². The van der Waals surface area contributed by atoms with E-state index in [4.69, 9.17) is 16.3 Å². The van der Waals surface area contributed by atoms with Gasteiger partial charge in [0.1, 0.15) is 6.54 Å². The van der Waals surface area contributed by atoms with E-state index in [-0.39, 0.29) is 19.1 Å². The van der Waals surface area contributed by atoms with Gasteiger partial charge in [-0.3, -0.25) is 14.4 Å². The fourth-order valence-corrected chi connectivity index (χ4v) is 4.10. The molecule has 0 aliphatic carbocycles. The number of rotatable bonds is 6. The zero-order valence-electron chi connectivity index (χ0n) is 16.9. The Labute approximate surface area is 187 Å². The molecule has 0 spiro atoms. The lowest BCUT2D eigenvalue weighted by Crippen LogP contribution is -2.22. The maximum absolute atomic E-state index is 12.5. The van der Waals surface area contributed by atoms with Gasteiger partial charge >= 0.3 is 5.97 Å². The summed E-state index contributed by atoms with van der Waals surface area (Å²) in [6, 6.07) is 12.4. The lowest BCUT2D eigenvalue weighted by molar-refractivity contribution is -0.143. The van der Waals surface area contributed by atoms with Gasteiger partial charge in [-0.2, -0.15) is 4.99 Å². The van der Waals surface area contributed by atoms with E-state index in [1.54, 1.807) is 54.0 Å². The quantitative estimate of drug-likeness (QED) is 0.447. The summed E-state index contributed by atoms with van der Waals surface area (Å²) in [6.07, 6.45) is 2.91. The van der Waals surface area contributed by atoms with Gasteiger partial charge in [0.25, 0.3) is 5.91 Å². The molecule has 0 radical (unpaired) electrons. The number of ether oxygens (including phenoxy) is 1. The molecule has 0 aliphatic rings. The first kappa shape index (κ1) is 22.5. The van der Waals surface area contributed by atoms with Gasteiger partial charge in [0, 0.05) is 23.7 Å². The molecule has 3 aromatic rings.